The molecule has 4 aromatic rings. The van der Waals surface area contributed by atoms with Gasteiger partial charge in [0.1, 0.15) is 0 Å². The molecule has 1 atom stereocenters. The van der Waals surface area contributed by atoms with Gasteiger partial charge in [0.05, 0.1) is 0 Å². The molecular weight excluding hydrogens is 1280 g/mol. The molecule has 0 amide bonds. The third-order valence-electron chi connectivity index (χ3n) is 24.3. The van der Waals surface area contributed by atoms with Crippen LogP contribution >= 0.6 is 7.92 Å². The summed E-state index contributed by atoms with van der Waals surface area (Å²) in [6.07, 6.45) is 110. The van der Waals surface area contributed by atoms with E-state index in [1.54, 1.807) is 10.6 Å². The van der Waals surface area contributed by atoms with E-state index in [0.29, 0.717) is 0 Å². The minimum absolute atomic E-state index is 0.891. The summed E-state index contributed by atoms with van der Waals surface area (Å²) in [5, 5.41) is 4.97. The Kier molecular flexibility index (Phi) is 64.5. The van der Waals surface area contributed by atoms with Crippen LogP contribution in [0.4, 0.5) is 0 Å². The van der Waals surface area contributed by atoms with Gasteiger partial charge in [-0.05, 0) is 139 Å². The number of nitrogens with zero attached hydrogens (tertiary/aromatic N) is 1. The molecule has 600 valence electrons. The molecule has 0 aliphatic heterocycles. The predicted octanol–water partition coefficient (Wildman–Crippen LogP) is 34.6. The number of benzene rings is 3. The monoisotopic (exact) mass is 1460 g/mol. The van der Waals surface area contributed by atoms with Gasteiger partial charge in [0.15, 0.2) is 0 Å². The van der Waals surface area contributed by atoms with E-state index in [-0.39, 0.29) is 0 Å². The average molecular weight is 1460 g/mol. The highest BCUT2D eigenvalue weighted by Gasteiger charge is 2.31. The third kappa shape index (κ3) is 47.9. The first kappa shape index (κ1) is 94.6. The van der Waals surface area contributed by atoms with Crippen LogP contribution in [0.1, 0.15) is 512 Å². The van der Waals surface area contributed by atoms with Crippen molar-refractivity contribution in [2.24, 2.45) is 0 Å². The Hall–Kier alpha value is -2.76. The molecule has 0 spiro atoms. The van der Waals surface area contributed by atoms with Crippen molar-refractivity contribution in [3.05, 3.63) is 107 Å². The van der Waals surface area contributed by atoms with Crippen LogP contribution in [0.5, 0.6) is 0 Å². The normalized spacial score (nSPS) is 12.0. The summed E-state index contributed by atoms with van der Waals surface area (Å²) in [6, 6.07) is 26.7. The summed E-state index contributed by atoms with van der Waals surface area (Å²) >= 11 is 0. The molecule has 0 bridgehead atoms. The second-order valence-electron chi connectivity index (χ2n) is 33.9. The Morgan fingerprint density at radius 1 is 0.200 bits per heavy atom. The summed E-state index contributed by atoms with van der Waals surface area (Å²) < 4.78 is 0. The Labute approximate surface area is 659 Å². The quantitative estimate of drug-likeness (QED) is 0.0317. The van der Waals surface area contributed by atoms with E-state index in [1.165, 1.54) is 493 Å². The molecule has 3 aromatic carbocycles. The van der Waals surface area contributed by atoms with Crippen molar-refractivity contribution in [1.29, 1.82) is 0 Å². The molecule has 0 fully saturated rings. The maximum Gasteiger partial charge on any atom is 0.0273 e. The molecule has 0 saturated carbocycles. The van der Waals surface area contributed by atoms with Crippen molar-refractivity contribution in [2.75, 3.05) is 0 Å². The zero-order valence-electron chi connectivity index (χ0n) is 71.4. The van der Waals surface area contributed by atoms with Crippen molar-refractivity contribution in [3.8, 4) is 11.1 Å². The second kappa shape index (κ2) is 71.5. The summed E-state index contributed by atoms with van der Waals surface area (Å²) in [5.41, 5.74) is 12.1. The highest BCUT2D eigenvalue weighted by atomic mass is 31.1. The van der Waals surface area contributed by atoms with Crippen LogP contribution in [-0.2, 0) is 32.1 Å². The summed E-state index contributed by atoms with van der Waals surface area (Å²) in [5.74, 6) is 0. The molecule has 0 radical (unpaired) electrons. The van der Waals surface area contributed by atoms with Gasteiger partial charge in [0.25, 0.3) is 0 Å². The first-order valence-electron chi connectivity index (χ1n) is 48.2. The fourth-order valence-corrected chi connectivity index (χ4v) is 20.6. The Morgan fingerprint density at radius 3 is 0.648 bits per heavy atom. The fraction of sp³-hybridized carbons (Fsp3) is 0.777. The van der Waals surface area contributed by atoms with Gasteiger partial charge >= 0.3 is 0 Å². The molecule has 1 nitrogen and oxygen atoms in total. The standard InChI is InChI=1S/C103H178NP/c1-6-11-16-21-26-31-36-41-46-51-56-61-66-74-84-97-98(85-75-67-62-57-52-47-42-37-32-27-22-17-12-7-2)100(87-77-69-64-59-54-49-44-39-34-29-24-19-14-9-4)103(105(95-81-72-71-73-82-95)102-89-80-79-83-96(102)94-90-92-104-93-91-94)101(88-78-70-65-60-55-50-45-40-35-30-25-20-15-10-5)99(97)86-76-68-63-58-53-48-43-38-33-28-23-18-13-8-3/h71-73,79-83,89-93H,6-70,74-78,84-88H2,1-5H3. The molecule has 0 aliphatic rings. The summed E-state index contributed by atoms with van der Waals surface area (Å²) in [6.45, 7) is 11.7. The van der Waals surface area contributed by atoms with Crippen LogP contribution in [0.15, 0.2) is 79.1 Å². The van der Waals surface area contributed by atoms with Crippen LogP contribution in [0, 0.1) is 0 Å². The van der Waals surface area contributed by atoms with Crippen LogP contribution in [0.2, 0.25) is 0 Å². The first-order chi connectivity index (χ1) is 52.2. The minimum Gasteiger partial charge on any atom is -0.265 e. The number of pyridine rings is 1. The van der Waals surface area contributed by atoms with Gasteiger partial charge in [0, 0.05) is 12.4 Å². The van der Waals surface area contributed by atoms with Gasteiger partial charge in [-0.2, -0.15) is 0 Å². The smallest absolute Gasteiger partial charge is 0.0273 e. The van der Waals surface area contributed by atoms with Crippen LogP contribution < -0.4 is 15.9 Å². The zero-order chi connectivity index (χ0) is 74.3. The lowest BCUT2D eigenvalue weighted by Crippen LogP contribution is -2.31. The first-order valence-corrected chi connectivity index (χ1v) is 49.6. The molecule has 1 unspecified atom stereocenters. The zero-order valence-corrected chi connectivity index (χ0v) is 72.3. The van der Waals surface area contributed by atoms with E-state index in [4.69, 9.17) is 0 Å². The third-order valence-corrected chi connectivity index (χ3v) is 27.0. The Bertz CT molecular complexity index is 2370. The summed E-state index contributed by atoms with van der Waals surface area (Å²) in [7, 11) is -0.891. The minimum atomic E-state index is -0.891. The topological polar surface area (TPSA) is 12.9 Å². The van der Waals surface area contributed by atoms with Crippen molar-refractivity contribution in [3.63, 3.8) is 0 Å². The molecule has 0 N–H and O–H groups in total. The number of unbranched alkanes of at least 4 members (excludes halogenated alkanes) is 65. The second-order valence-corrected chi connectivity index (χ2v) is 36.0. The van der Waals surface area contributed by atoms with E-state index < -0.39 is 7.92 Å². The fourth-order valence-electron chi connectivity index (χ4n) is 17.6. The molecule has 0 aliphatic carbocycles. The van der Waals surface area contributed by atoms with Crippen molar-refractivity contribution >= 4 is 23.8 Å². The maximum atomic E-state index is 4.63. The lowest BCUT2D eigenvalue weighted by Gasteiger charge is -2.33. The SMILES string of the molecule is CCCCCCCCCCCCCCCCc1c(CCCCCCCCCCCCCCCC)c(CCCCCCCCCCCCCCCC)c(P(c2ccccc2)c2ccccc2-c2ccncc2)c(CCCCCCCCCCCCCCCC)c1CCCCCCCCCCCCCCCC. The molecule has 0 saturated heterocycles. The lowest BCUT2D eigenvalue weighted by molar-refractivity contribution is 0.531. The van der Waals surface area contributed by atoms with Crippen LogP contribution in [0.25, 0.3) is 11.1 Å². The molecule has 4 rings (SSSR count). The molecule has 1 heterocycles. The molecule has 1 aromatic heterocycles. The number of rotatable bonds is 79. The van der Waals surface area contributed by atoms with Gasteiger partial charge in [-0.1, -0.05) is 507 Å². The molecule has 105 heavy (non-hydrogen) atoms. The summed E-state index contributed by atoms with van der Waals surface area (Å²) in [4.78, 5) is 4.63. The van der Waals surface area contributed by atoms with E-state index in [9.17, 15) is 0 Å². The van der Waals surface area contributed by atoms with Crippen molar-refractivity contribution < 1.29 is 0 Å². The highest BCUT2D eigenvalue weighted by molar-refractivity contribution is 7.80. The van der Waals surface area contributed by atoms with E-state index in [1.807, 2.05) is 45.5 Å². The van der Waals surface area contributed by atoms with E-state index in [0.717, 1.165) is 0 Å². The van der Waals surface area contributed by atoms with Crippen LogP contribution in [-0.4, -0.2) is 4.98 Å². The Balaban J connectivity index is 1.82. The van der Waals surface area contributed by atoms with E-state index in [2.05, 4.69) is 106 Å². The Morgan fingerprint density at radius 2 is 0.400 bits per heavy atom. The molecular formula is C103H178NP. The molecule has 2 heteroatoms. The van der Waals surface area contributed by atoms with Crippen LogP contribution in [0.3, 0.4) is 0 Å². The van der Waals surface area contributed by atoms with Crippen molar-refractivity contribution in [1.82, 2.24) is 4.98 Å². The number of hydrogen-bond acceptors (Lipinski definition) is 1. The van der Waals surface area contributed by atoms with Gasteiger partial charge < -0.3 is 0 Å². The maximum absolute atomic E-state index is 4.63. The predicted molar refractivity (Wildman–Crippen MR) is 478 cm³/mol. The van der Waals surface area contributed by atoms with Gasteiger partial charge in [0.2, 0.25) is 0 Å². The van der Waals surface area contributed by atoms with Gasteiger partial charge in [-0.15, -0.1) is 0 Å². The van der Waals surface area contributed by atoms with Gasteiger partial charge in [-0.25, -0.2) is 0 Å². The number of aromatic nitrogens is 1. The van der Waals surface area contributed by atoms with Crippen molar-refractivity contribution in [2.45, 2.75) is 516 Å². The highest BCUT2D eigenvalue weighted by Crippen LogP contribution is 2.44. The van der Waals surface area contributed by atoms with Gasteiger partial charge in [-0.3, -0.25) is 4.98 Å². The number of hydrogen-bond donors (Lipinski definition) is 0. The largest absolute Gasteiger partial charge is 0.265 e. The van der Waals surface area contributed by atoms with E-state index >= 15 is 0 Å². The lowest BCUT2D eigenvalue weighted by atomic mass is 9.81. The average Bonchev–Trinajstić information content (AvgIpc) is 0.741.